The Morgan fingerprint density at radius 3 is 3.05 bits per heavy atom. The molecule has 0 saturated carbocycles. The number of carbonyl (C=O) groups excluding carboxylic acids is 1. The Morgan fingerprint density at radius 1 is 1.53 bits per heavy atom. The van der Waals surface area contributed by atoms with E-state index in [4.69, 9.17) is 9.15 Å². The zero-order chi connectivity index (χ0) is 13.7. The zero-order valence-corrected chi connectivity index (χ0v) is 11.8. The van der Waals surface area contributed by atoms with Crippen molar-refractivity contribution in [3.63, 3.8) is 0 Å². The molecule has 0 radical (unpaired) electrons. The van der Waals surface area contributed by atoms with Crippen molar-refractivity contribution in [1.29, 1.82) is 0 Å². The lowest BCUT2D eigenvalue weighted by Gasteiger charge is -2.03. The van der Waals surface area contributed by atoms with Gasteiger partial charge in [-0.1, -0.05) is 0 Å². The van der Waals surface area contributed by atoms with Crippen LogP contribution in [0.15, 0.2) is 22.9 Å². The van der Waals surface area contributed by atoms with Crippen LogP contribution in [0.1, 0.15) is 21.8 Å². The molecule has 0 aliphatic rings. The Balaban J connectivity index is 2.05. The summed E-state index contributed by atoms with van der Waals surface area (Å²) in [5.41, 5.74) is 0.333. The van der Waals surface area contributed by atoms with E-state index in [0.717, 1.165) is 16.2 Å². The Bertz CT molecular complexity index is 548. The number of aromatic nitrogens is 1. The number of oxazole rings is 1. The van der Waals surface area contributed by atoms with E-state index in [1.54, 1.807) is 18.4 Å². The van der Waals surface area contributed by atoms with Crippen molar-refractivity contribution < 1.29 is 13.9 Å². The van der Waals surface area contributed by atoms with Gasteiger partial charge in [-0.3, -0.25) is 4.79 Å². The third kappa shape index (κ3) is 3.42. The van der Waals surface area contributed by atoms with Crippen LogP contribution in [0.5, 0.6) is 0 Å². The second-order valence-electron chi connectivity index (χ2n) is 4.04. The second-order valence-corrected chi connectivity index (χ2v) is 5.33. The third-order valence-electron chi connectivity index (χ3n) is 2.56. The summed E-state index contributed by atoms with van der Waals surface area (Å²) in [4.78, 5) is 18.1. The summed E-state index contributed by atoms with van der Waals surface area (Å²) in [5.74, 6) is 0.313. The van der Waals surface area contributed by atoms with Gasteiger partial charge in [-0.15, -0.1) is 11.3 Å². The molecule has 0 unspecified atom stereocenters. The smallest absolute Gasteiger partial charge is 0.273 e. The number of thiophene rings is 1. The van der Waals surface area contributed by atoms with Crippen molar-refractivity contribution in [1.82, 2.24) is 10.3 Å². The predicted octanol–water partition coefficient (Wildman–Crippen LogP) is 2.48. The minimum absolute atomic E-state index is 0.217. The Kier molecular flexibility index (Phi) is 4.70. The lowest BCUT2D eigenvalue weighted by atomic mass is 10.2. The molecule has 0 saturated heterocycles. The molecule has 0 aliphatic carbocycles. The maximum atomic E-state index is 12.0. The van der Waals surface area contributed by atoms with Gasteiger partial charge in [0.05, 0.1) is 4.88 Å². The summed E-state index contributed by atoms with van der Waals surface area (Å²) in [5, 5.41) is 2.80. The molecule has 2 heterocycles. The summed E-state index contributed by atoms with van der Waals surface area (Å²) in [6, 6.07) is 3.92. The quantitative estimate of drug-likeness (QED) is 0.826. The molecule has 0 fully saturated rings. The van der Waals surface area contributed by atoms with Crippen LogP contribution in [0.2, 0.25) is 0 Å². The summed E-state index contributed by atoms with van der Waals surface area (Å²) < 4.78 is 10.3. The van der Waals surface area contributed by atoms with Crippen LogP contribution < -0.4 is 5.32 Å². The lowest BCUT2D eigenvalue weighted by molar-refractivity contribution is 0.0944. The summed E-state index contributed by atoms with van der Waals surface area (Å²) in [6.07, 6.45) is 2.07. The number of ether oxygens (including phenoxy) is 1. The second kappa shape index (κ2) is 6.49. The predicted molar refractivity (Wildman–Crippen MR) is 73.4 cm³/mol. The highest BCUT2D eigenvalue weighted by Gasteiger charge is 2.18. The van der Waals surface area contributed by atoms with Crippen LogP contribution in [0, 0.1) is 6.92 Å². The first-order valence-electron chi connectivity index (χ1n) is 6.00. The fraction of sp³-hybridized carbons (Fsp3) is 0.385. The van der Waals surface area contributed by atoms with E-state index in [0.29, 0.717) is 24.6 Å². The fourth-order valence-electron chi connectivity index (χ4n) is 1.64. The van der Waals surface area contributed by atoms with Gasteiger partial charge in [-0.25, -0.2) is 4.98 Å². The summed E-state index contributed by atoms with van der Waals surface area (Å²) in [6.45, 7) is 3.19. The summed E-state index contributed by atoms with van der Waals surface area (Å²) >= 11 is 1.58. The molecular formula is C13H16N2O3S. The number of hydrogen-bond acceptors (Lipinski definition) is 5. The van der Waals surface area contributed by atoms with E-state index in [2.05, 4.69) is 10.3 Å². The minimum Gasteiger partial charge on any atom is -0.442 e. The van der Waals surface area contributed by atoms with Gasteiger partial charge in [0, 0.05) is 25.1 Å². The Morgan fingerprint density at radius 2 is 2.37 bits per heavy atom. The molecule has 0 atom stereocenters. The minimum atomic E-state index is -0.217. The number of rotatable bonds is 6. The van der Waals surface area contributed by atoms with Crippen LogP contribution in [0.25, 0.3) is 10.6 Å². The number of carbonyl (C=O) groups is 1. The van der Waals surface area contributed by atoms with Crippen LogP contribution in [0.4, 0.5) is 0 Å². The van der Waals surface area contributed by atoms with Crippen LogP contribution >= 0.6 is 11.3 Å². The van der Waals surface area contributed by atoms with Crippen LogP contribution in [0.3, 0.4) is 0 Å². The molecule has 19 heavy (non-hydrogen) atoms. The van der Waals surface area contributed by atoms with E-state index < -0.39 is 0 Å². The highest BCUT2D eigenvalue weighted by molar-refractivity contribution is 7.15. The number of nitrogens with zero attached hydrogens (tertiary/aromatic N) is 1. The molecule has 0 aromatic carbocycles. The van der Waals surface area contributed by atoms with Crippen molar-refractivity contribution in [3.8, 4) is 10.6 Å². The molecule has 2 aromatic heterocycles. The molecule has 0 bridgehead atoms. The Labute approximate surface area is 115 Å². The zero-order valence-electron chi connectivity index (χ0n) is 10.9. The Hall–Kier alpha value is -1.66. The average molecular weight is 280 g/mol. The largest absolute Gasteiger partial charge is 0.442 e. The van der Waals surface area contributed by atoms with Crippen molar-refractivity contribution >= 4 is 17.2 Å². The van der Waals surface area contributed by atoms with E-state index >= 15 is 0 Å². The van der Waals surface area contributed by atoms with Crippen LogP contribution in [-0.4, -0.2) is 31.2 Å². The van der Waals surface area contributed by atoms with Gasteiger partial charge in [0.1, 0.15) is 0 Å². The van der Waals surface area contributed by atoms with E-state index in [9.17, 15) is 4.79 Å². The molecule has 0 aliphatic heterocycles. The van der Waals surface area contributed by atoms with E-state index in [-0.39, 0.29) is 5.91 Å². The van der Waals surface area contributed by atoms with Crippen molar-refractivity contribution in [2.75, 3.05) is 20.3 Å². The van der Waals surface area contributed by atoms with Gasteiger partial charge in [0.2, 0.25) is 0 Å². The lowest BCUT2D eigenvalue weighted by Crippen LogP contribution is -2.25. The standard InChI is InChI=1S/C13H16N2O3S/c1-9-4-5-10(19-9)12-11(15-8-18-12)13(16)14-6-3-7-17-2/h4-5,8H,3,6-7H2,1-2H3,(H,14,16). The molecule has 1 N–H and O–H groups in total. The van der Waals surface area contributed by atoms with Gasteiger partial charge in [-0.05, 0) is 25.5 Å². The maximum absolute atomic E-state index is 12.0. The first-order chi connectivity index (χ1) is 9.22. The van der Waals surface area contributed by atoms with Crippen molar-refractivity contribution in [2.45, 2.75) is 13.3 Å². The number of hydrogen-bond donors (Lipinski definition) is 1. The normalized spacial score (nSPS) is 10.6. The first kappa shape index (κ1) is 13.8. The molecule has 2 rings (SSSR count). The SMILES string of the molecule is COCCCNC(=O)c1ncoc1-c1ccc(C)s1. The highest BCUT2D eigenvalue weighted by Crippen LogP contribution is 2.29. The average Bonchev–Trinajstić information content (AvgIpc) is 3.02. The topological polar surface area (TPSA) is 64.4 Å². The molecule has 2 aromatic rings. The molecule has 5 nitrogen and oxygen atoms in total. The molecule has 102 valence electrons. The molecule has 0 spiro atoms. The fourth-order valence-corrected chi connectivity index (χ4v) is 2.50. The van der Waals surface area contributed by atoms with Gasteiger partial charge in [0.25, 0.3) is 5.91 Å². The van der Waals surface area contributed by atoms with Crippen molar-refractivity contribution in [3.05, 3.63) is 29.1 Å². The van der Waals surface area contributed by atoms with Gasteiger partial charge < -0.3 is 14.5 Å². The van der Waals surface area contributed by atoms with Crippen LogP contribution in [-0.2, 0) is 4.74 Å². The maximum Gasteiger partial charge on any atom is 0.273 e. The van der Waals surface area contributed by atoms with Gasteiger partial charge in [-0.2, -0.15) is 0 Å². The summed E-state index contributed by atoms with van der Waals surface area (Å²) in [7, 11) is 1.64. The number of aryl methyl sites for hydroxylation is 1. The monoisotopic (exact) mass is 280 g/mol. The highest BCUT2D eigenvalue weighted by atomic mass is 32.1. The number of amides is 1. The molecule has 6 heteroatoms. The number of nitrogens with one attached hydrogen (secondary N) is 1. The van der Waals surface area contributed by atoms with E-state index in [1.807, 2.05) is 19.1 Å². The van der Waals surface area contributed by atoms with Crippen molar-refractivity contribution in [2.24, 2.45) is 0 Å². The molecule has 1 amide bonds. The third-order valence-corrected chi connectivity index (χ3v) is 3.56. The van der Waals surface area contributed by atoms with Gasteiger partial charge >= 0.3 is 0 Å². The number of methoxy groups -OCH3 is 1. The van der Waals surface area contributed by atoms with E-state index in [1.165, 1.54) is 6.39 Å². The molecular weight excluding hydrogens is 264 g/mol. The first-order valence-corrected chi connectivity index (χ1v) is 6.81. The van der Waals surface area contributed by atoms with Gasteiger partial charge in [0.15, 0.2) is 17.8 Å².